The molecule has 1 N–H and O–H groups in total. The Morgan fingerprint density at radius 1 is 1.25 bits per heavy atom. The van der Waals surface area contributed by atoms with Crippen LogP contribution in [0.5, 0.6) is 0 Å². The molecule has 0 aliphatic heterocycles. The molecular formula is C14H29NO. The number of nitrogens with zero attached hydrogens (tertiary/aromatic N) is 1. The first-order valence-corrected chi connectivity index (χ1v) is 6.94. The van der Waals surface area contributed by atoms with Gasteiger partial charge in [-0.15, -0.1) is 0 Å². The number of aliphatic hydroxyl groups excluding tert-OH is 1. The molecule has 2 nitrogen and oxygen atoms in total. The van der Waals surface area contributed by atoms with Gasteiger partial charge in [0.05, 0.1) is 6.10 Å². The molecule has 5 atom stereocenters. The third-order valence-electron chi connectivity index (χ3n) is 4.30. The summed E-state index contributed by atoms with van der Waals surface area (Å²) in [6, 6.07) is 0.955. The van der Waals surface area contributed by atoms with Gasteiger partial charge in [-0.3, -0.25) is 4.90 Å². The highest BCUT2D eigenvalue weighted by molar-refractivity contribution is 4.91. The van der Waals surface area contributed by atoms with Crippen LogP contribution >= 0.6 is 0 Å². The molecule has 0 radical (unpaired) electrons. The number of hydrogen-bond acceptors (Lipinski definition) is 2. The second-order valence-electron chi connectivity index (χ2n) is 5.70. The molecule has 0 aromatic heterocycles. The maximum atomic E-state index is 10.3. The molecule has 16 heavy (non-hydrogen) atoms. The number of likely N-dealkylation sites (N-methyl/N-ethyl adjacent to an activating group) is 1. The monoisotopic (exact) mass is 227 g/mol. The second-order valence-corrected chi connectivity index (χ2v) is 5.70. The Morgan fingerprint density at radius 2 is 1.88 bits per heavy atom. The highest BCUT2D eigenvalue weighted by atomic mass is 16.3. The summed E-state index contributed by atoms with van der Waals surface area (Å²) in [4.78, 5) is 2.50. The van der Waals surface area contributed by atoms with E-state index in [1.54, 1.807) is 0 Å². The molecular weight excluding hydrogens is 198 g/mol. The zero-order chi connectivity index (χ0) is 12.3. The minimum Gasteiger partial charge on any atom is -0.391 e. The Balaban J connectivity index is 2.74. The minimum absolute atomic E-state index is 0.132. The summed E-state index contributed by atoms with van der Waals surface area (Å²) in [5.74, 6) is 1.30. The van der Waals surface area contributed by atoms with Gasteiger partial charge >= 0.3 is 0 Å². The zero-order valence-corrected chi connectivity index (χ0v) is 11.6. The molecule has 0 saturated heterocycles. The Bertz CT molecular complexity index is 195. The number of aliphatic hydroxyl groups is 1. The Morgan fingerprint density at radius 3 is 2.31 bits per heavy atom. The van der Waals surface area contributed by atoms with Crippen LogP contribution in [-0.2, 0) is 0 Å². The summed E-state index contributed by atoms with van der Waals surface area (Å²) in [6.07, 6.45) is 3.27. The van der Waals surface area contributed by atoms with Crippen LogP contribution in [0.2, 0.25) is 0 Å². The van der Waals surface area contributed by atoms with Crippen molar-refractivity contribution in [1.29, 1.82) is 0 Å². The van der Waals surface area contributed by atoms with Crippen LogP contribution in [0.4, 0.5) is 0 Å². The molecule has 1 aliphatic rings. The van der Waals surface area contributed by atoms with Crippen molar-refractivity contribution < 1.29 is 5.11 Å². The van der Waals surface area contributed by atoms with Crippen molar-refractivity contribution in [3.05, 3.63) is 0 Å². The summed E-state index contributed by atoms with van der Waals surface area (Å²) in [5, 5.41) is 10.3. The van der Waals surface area contributed by atoms with Crippen LogP contribution in [0.25, 0.3) is 0 Å². The van der Waals surface area contributed by atoms with Gasteiger partial charge < -0.3 is 5.11 Å². The van der Waals surface area contributed by atoms with E-state index < -0.39 is 0 Å². The first kappa shape index (κ1) is 14.0. The lowest BCUT2D eigenvalue weighted by molar-refractivity contribution is -0.0377. The predicted molar refractivity (Wildman–Crippen MR) is 69.5 cm³/mol. The van der Waals surface area contributed by atoms with E-state index in [9.17, 15) is 5.11 Å². The minimum atomic E-state index is -0.132. The van der Waals surface area contributed by atoms with Gasteiger partial charge in [-0.05, 0) is 44.6 Å². The normalized spacial score (nSPS) is 37.7. The lowest BCUT2D eigenvalue weighted by Crippen LogP contribution is -2.54. The lowest BCUT2D eigenvalue weighted by Gasteiger charge is -2.45. The van der Waals surface area contributed by atoms with Crippen molar-refractivity contribution in [1.82, 2.24) is 4.90 Å². The van der Waals surface area contributed by atoms with Crippen LogP contribution in [0.3, 0.4) is 0 Å². The lowest BCUT2D eigenvalue weighted by atomic mass is 9.77. The van der Waals surface area contributed by atoms with Crippen molar-refractivity contribution in [3.8, 4) is 0 Å². The van der Waals surface area contributed by atoms with Gasteiger partial charge in [0, 0.05) is 12.1 Å². The molecule has 0 spiro atoms. The maximum absolute atomic E-state index is 10.3. The third kappa shape index (κ3) is 2.98. The van der Waals surface area contributed by atoms with E-state index in [2.05, 4.69) is 39.5 Å². The summed E-state index contributed by atoms with van der Waals surface area (Å²) in [7, 11) is 0. The quantitative estimate of drug-likeness (QED) is 0.798. The molecule has 1 rings (SSSR count). The smallest absolute Gasteiger partial charge is 0.0700 e. The highest BCUT2D eigenvalue weighted by Gasteiger charge is 2.37. The van der Waals surface area contributed by atoms with Crippen LogP contribution in [0.15, 0.2) is 0 Å². The molecule has 2 heteroatoms. The predicted octanol–water partition coefficient (Wildman–Crippen LogP) is 2.90. The van der Waals surface area contributed by atoms with Crippen LogP contribution in [0.1, 0.15) is 53.9 Å². The maximum Gasteiger partial charge on any atom is 0.0700 e. The topological polar surface area (TPSA) is 23.5 Å². The average Bonchev–Trinajstić information content (AvgIpc) is 2.22. The van der Waals surface area contributed by atoms with Gasteiger partial charge in [-0.2, -0.15) is 0 Å². The molecule has 1 saturated carbocycles. The average molecular weight is 227 g/mol. The summed E-state index contributed by atoms with van der Waals surface area (Å²) >= 11 is 0. The highest BCUT2D eigenvalue weighted by Crippen LogP contribution is 2.33. The molecule has 0 aromatic carbocycles. The number of rotatable bonds is 4. The molecule has 1 fully saturated rings. The fourth-order valence-electron chi connectivity index (χ4n) is 3.40. The van der Waals surface area contributed by atoms with E-state index in [1.165, 1.54) is 12.8 Å². The fourth-order valence-corrected chi connectivity index (χ4v) is 3.40. The Kier molecular flexibility index (Phi) is 5.26. The summed E-state index contributed by atoms with van der Waals surface area (Å²) < 4.78 is 0. The number of hydrogen-bond donors (Lipinski definition) is 1. The first-order valence-electron chi connectivity index (χ1n) is 6.94. The van der Waals surface area contributed by atoms with Gasteiger partial charge in [-0.1, -0.05) is 27.7 Å². The van der Waals surface area contributed by atoms with Gasteiger partial charge in [0.15, 0.2) is 0 Å². The van der Waals surface area contributed by atoms with Crippen LogP contribution in [-0.4, -0.2) is 34.7 Å². The molecule has 0 amide bonds. The molecule has 0 aromatic rings. The van der Waals surface area contributed by atoms with Crippen molar-refractivity contribution in [2.75, 3.05) is 6.54 Å². The van der Waals surface area contributed by atoms with E-state index in [-0.39, 0.29) is 6.10 Å². The van der Waals surface area contributed by atoms with Crippen LogP contribution in [0, 0.1) is 11.8 Å². The summed E-state index contributed by atoms with van der Waals surface area (Å²) in [5.41, 5.74) is 0. The van der Waals surface area contributed by atoms with Crippen molar-refractivity contribution >= 4 is 0 Å². The van der Waals surface area contributed by atoms with E-state index in [4.69, 9.17) is 0 Å². The van der Waals surface area contributed by atoms with E-state index in [0.717, 1.165) is 13.0 Å². The molecule has 96 valence electrons. The van der Waals surface area contributed by atoms with Crippen molar-refractivity contribution in [2.24, 2.45) is 11.8 Å². The van der Waals surface area contributed by atoms with Gasteiger partial charge in [-0.25, -0.2) is 0 Å². The van der Waals surface area contributed by atoms with E-state index in [0.29, 0.717) is 23.9 Å². The van der Waals surface area contributed by atoms with E-state index in [1.807, 2.05) is 0 Å². The standard InChI is InChI=1S/C14H29NO/c1-6-12(5)15(7-2)14-11(4)8-10(3)9-13(14)16/h10-14,16H,6-9H2,1-5H3. The second kappa shape index (κ2) is 6.02. The SMILES string of the molecule is CCC(C)N(CC)C1C(C)CC(C)CC1O. The van der Waals surface area contributed by atoms with Gasteiger partial charge in [0.2, 0.25) is 0 Å². The Hall–Kier alpha value is -0.0800. The largest absolute Gasteiger partial charge is 0.391 e. The first-order chi connectivity index (χ1) is 7.51. The third-order valence-corrected chi connectivity index (χ3v) is 4.30. The molecule has 0 bridgehead atoms. The zero-order valence-electron chi connectivity index (χ0n) is 11.6. The van der Waals surface area contributed by atoms with Gasteiger partial charge in [0.25, 0.3) is 0 Å². The fraction of sp³-hybridized carbons (Fsp3) is 1.00. The molecule has 1 aliphatic carbocycles. The molecule has 5 unspecified atom stereocenters. The van der Waals surface area contributed by atoms with Gasteiger partial charge in [0.1, 0.15) is 0 Å². The van der Waals surface area contributed by atoms with Crippen molar-refractivity contribution in [2.45, 2.75) is 72.1 Å². The van der Waals surface area contributed by atoms with E-state index >= 15 is 0 Å². The molecule has 0 heterocycles. The van der Waals surface area contributed by atoms with Crippen molar-refractivity contribution in [3.63, 3.8) is 0 Å². The Labute approximate surface area is 101 Å². The van der Waals surface area contributed by atoms with Crippen LogP contribution < -0.4 is 0 Å². The summed E-state index contributed by atoms with van der Waals surface area (Å²) in [6.45, 7) is 12.3.